The van der Waals surface area contributed by atoms with E-state index in [9.17, 15) is 9.59 Å². The second kappa shape index (κ2) is 8.26. The summed E-state index contributed by atoms with van der Waals surface area (Å²) in [6.07, 6.45) is 5.73. The first-order valence-electron chi connectivity index (χ1n) is 9.72. The van der Waals surface area contributed by atoms with Crippen LogP contribution in [-0.4, -0.2) is 40.0 Å². The van der Waals surface area contributed by atoms with E-state index in [1.807, 2.05) is 24.3 Å². The van der Waals surface area contributed by atoms with Crippen LogP contribution in [0.2, 0.25) is 0 Å². The number of hydrogen-bond acceptors (Lipinski definition) is 6. The minimum Gasteiger partial charge on any atom is -0.372 e. The third kappa shape index (κ3) is 4.18. The number of rotatable bonds is 6. The molecule has 0 aliphatic carbocycles. The molecule has 29 heavy (non-hydrogen) atoms. The number of carbonyl (C=O) groups is 1. The van der Waals surface area contributed by atoms with Gasteiger partial charge < -0.3 is 10.2 Å². The lowest BCUT2D eigenvalue weighted by Gasteiger charge is -2.17. The summed E-state index contributed by atoms with van der Waals surface area (Å²) >= 11 is 0. The number of nitrogens with zero attached hydrogens (tertiary/aromatic N) is 4. The molecule has 7 nitrogen and oxygen atoms in total. The number of anilines is 2. The minimum atomic E-state index is -0.197. The van der Waals surface area contributed by atoms with Crippen LogP contribution in [0, 0.1) is 0 Å². The summed E-state index contributed by atoms with van der Waals surface area (Å²) in [5, 5.41) is 3.01. The fraction of sp³-hybridized carbons (Fsp3) is 0.273. The van der Waals surface area contributed by atoms with Crippen molar-refractivity contribution in [1.82, 2.24) is 14.5 Å². The molecule has 0 bridgehead atoms. The molecule has 3 aromatic rings. The summed E-state index contributed by atoms with van der Waals surface area (Å²) < 4.78 is 1.40. The highest BCUT2D eigenvalue weighted by molar-refractivity contribution is 5.99. The summed E-state index contributed by atoms with van der Waals surface area (Å²) in [7, 11) is 1.63. The van der Waals surface area contributed by atoms with Crippen LogP contribution in [-0.2, 0) is 7.05 Å². The van der Waals surface area contributed by atoms with E-state index in [1.54, 1.807) is 31.6 Å². The fourth-order valence-corrected chi connectivity index (χ4v) is 3.46. The van der Waals surface area contributed by atoms with Crippen LogP contribution in [0.3, 0.4) is 0 Å². The number of benzene rings is 1. The number of pyridine rings is 1. The average Bonchev–Trinajstić information content (AvgIpc) is 3.30. The van der Waals surface area contributed by atoms with Crippen LogP contribution >= 0.6 is 0 Å². The van der Waals surface area contributed by atoms with Crippen LogP contribution < -0.4 is 15.8 Å². The van der Waals surface area contributed by atoms with Gasteiger partial charge in [-0.3, -0.25) is 19.1 Å². The lowest BCUT2D eigenvalue weighted by molar-refractivity contribution is 0.101. The highest BCUT2D eigenvalue weighted by Gasteiger charge is 2.14. The van der Waals surface area contributed by atoms with E-state index < -0.39 is 0 Å². The Kier molecular flexibility index (Phi) is 5.37. The molecule has 1 aliphatic rings. The van der Waals surface area contributed by atoms with E-state index in [2.05, 4.69) is 20.2 Å². The van der Waals surface area contributed by atoms with E-state index in [0.29, 0.717) is 17.2 Å². The smallest absolute Gasteiger partial charge is 0.255 e. The Morgan fingerprint density at radius 2 is 1.76 bits per heavy atom. The number of ketones is 1. The molecule has 1 N–H and O–H groups in total. The van der Waals surface area contributed by atoms with Crippen molar-refractivity contribution < 1.29 is 4.79 Å². The third-order valence-corrected chi connectivity index (χ3v) is 5.18. The highest BCUT2D eigenvalue weighted by atomic mass is 16.1. The predicted molar refractivity (Wildman–Crippen MR) is 113 cm³/mol. The monoisotopic (exact) mass is 389 g/mol. The van der Waals surface area contributed by atoms with Crippen LogP contribution in [0.5, 0.6) is 0 Å². The molecular formula is C22H23N5O2. The number of aromatic nitrogens is 3. The largest absolute Gasteiger partial charge is 0.372 e. The zero-order valence-electron chi connectivity index (χ0n) is 16.3. The predicted octanol–water partition coefficient (Wildman–Crippen LogP) is 2.74. The average molecular weight is 389 g/mol. The second-order valence-electron chi connectivity index (χ2n) is 7.12. The second-order valence-corrected chi connectivity index (χ2v) is 7.12. The van der Waals surface area contributed by atoms with Gasteiger partial charge in [-0.15, -0.1) is 0 Å². The van der Waals surface area contributed by atoms with Crippen molar-refractivity contribution >= 4 is 17.4 Å². The van der Waals surface area contributed by atoms with Gasteiger partial charge in [-0.05, 0) is 49.2 Å². The van der Waals surface area contributed by atoms with Gasteiger partial charge in [0, 0.05) is 55.4 Å². The van der Waals surface area contributed by atoms with Gasteiger partial charge in [0.05, 0.1) is 12.2 Å². The molecule has 0 amide bonds. The van der Waals surface area contributed by atoms with Gasteiger partial charge in [-0.1, -0.05) is 0 Å². The van der Waals surface area contributed by atoms with E-state index in [4.69, 9.17) is 0 Å². The van der Waals surface area contributed by atoms with E-state index in [-0.39, 0.29) is 17.9 Å². The Morgan fingerprint density at radius 1 is 1.07 bits per heavy atom. The normalized spacial score (nSPS) is 13.5. The zero-order chi connectivity index (χ0) is 20.2. The summed E-state index contributed by atoms with van der Waals surface area (Å²) in [5.74, 6) is 0.299. The Morgan fingerprint density at radius 3 is 2.45 bits per heavy atom. The summed E-state index contributed by atoms with van der Waals surface area (Å²) in [6, 6.07) is 12.8. The molecule has 4 rings (SSSR count). The molecule has 7 heteroatoms. The standard InChI is InChI=1S/C22H23N5O2/c1-26-21(29)14-19(16-8-10-23-11-9-16)25-22(26)24-15-20(28)17-4-6-18(7-5-17)27-12-2-3-13-27/h4-11,14H,2-3,12-13,15H2,1H3,(H,24,25). The Bertz CT molecular complexity index is 1050. The van der Waals surface area contributed by atoms with E-state index in [0.717, 1.165) is 24.3 Å². The van der Waals surface area contributed by atoms with Crippen molar-refractivity contribution in [2.45, 2.75) is 12.8 Å². The summed E-state index contributed by atoms with van der Waals surface area (Å²) in [4.78, 5) is 35.7. The molecule has 0 atom stereocenters. The summed E-state index contributed by atoms with van der Waals surface area (Å²) in [6.45, 7) is 2.20. The van der Waals surface area contributed by atoms with Crippen LogP contribution in [0.15, 0.2) is 59.7 Å². The Balaban J connectivity index is 1.47. The molecule has 0 unspecified atom stereocenters. The quantitative estimate of drug-likeness (QED) is 0.653. The molecule has 1 aromatic carbocycles. The van der Waals surface area contributed by atoms with Gasteiger partial charge in [0.25, 0.3) is 5.56 Å². The number of carbonyl (C=O) groups excluding carboxylic acids is 1. The number of hydrogen-bond donors (Lipinski definition) is 1. The molecule has 0 saturated carbocycles. The third-order valence-electron chi connectivity index (χ3n) is 5.18. The van der Waals surface area contributed by atoms with Gasteiger partial charge in [0.1, 0.15) is 0 Å². The maximum Gasteiger partial charge on any atom is 0.255 e. The van der Waals surface area contributed by atoms with E-state index in [1.165, 1.54) is 23.5 Å². The molecular weight excluding hydrogens is 366 g/mol. The molecule has 3 heterocycles. The van der Waals surface area contributed by atoms with Crippen LogP contribution in [0.25, 0.3) is 11.3 Å². The summed E-state index contributed by atoms with van der Waals surface area (Å²) in [5.41, 5.74) is 2.93. The lowest BCUT2D eigenvalue weighted by Crippen LogP contribution is -2.24. The zero-order valence-corrected chi connectivity index (χ0v) is 16.3. The maximum atomic E-state index is 12.6. The van der Waals surface area contributed by atoms with E-state index >= 15 is 0 Å². The fourth-order valence-electron chi connectivity index (χ4n) is 3.46. The Hall–Kier alpha value is -3.48. The first-order valence-corrected chi connectivity index (χ1v) is 9.72. The first-order chi connectivity index (χ1) is 14.1. The number of nitrogens with one attached hydrogen (secondary N) is 1. The van der Waals surface area contributed by atoms with Gasteiger partial charge in [-0.25, -0.2) is 4.98 Å². The van der Waals surface area contributed by atoms with Gasteiger partial charge in [0.15, 0.2) is 5.78 Å². The van der Waals surface area contributed by atoms with Crippen molar-refractivity contribution in [3.63, 3.8) is 0 Å². The molecule has 0 spiro atoms. The molecule has 0 radical (unpaired) electrons. The topological polar surface area (TPSA) is 80.1 Å². The van der Waals surface area contributed by atoms with Gasteiger partial charge in [-0.2, -0.15) is 0 Å². The minimum absolute atomic E-state index is 0.0541. The Labute approximate surface area is 169 Å². The van der Waals surface area contributed by atoms with Crippen LogP contribution in [0.4, 0.5) is 11.6 Å². The maximum absolute atomic E-state index is 12.6. The van der Waals surface area contributed by atoms with Crippen molar-refractivity contribution in [2.24, 2.45) is 7.05 Å². The van der Waals surface area contributed by atoms with Crippen LogP contribution in [0.1, 0.15) is 23.2 Å². The van der Waals surface area contributed by atoms with Gasteiger partial charge in [0.2, 0.25) is 5.95 Å². The molecule has 1 saturated heterocycles. The van der Waals surface area contributed by atoms with Gasteiger partial charge >= 0.3 is 0 Å². The van der Waals surface area contributed by atoms with Crippen molar-refractivity contribution in [3.8, 4) is 11.3 Å². The molecule has 148 valence electrons. The van der Waals surface area contributed by atoms with Crippen molar-refractivity contribution in [1.29, 1.82) is 0 Å². The van der Waals surface area contributed by atoms with Crippen molar-refractivity contribution in [3.05, 3.63) is 70.8 Å². The molecule has 1 aliphatic heterocycles. The number of Topliss-reactive ketones (excluding diaryl/α,β-unsaturated/α-hetero) is 1. The molecule has 1 fully saturated rings. The van der Waals surface area contributed by atoms with Crippen molar-refractivity contribution in [2.75, 3.05) is 29.9 Å². The first kappa shape index (κ1) is 18.9. The lowest BCUT2D eigenvalue weighted by atomic mass is 10.1. The highest BCUT2D eigenvalue weighted by Crippen LogP contribution is 2.21. The SMILES string of the molecule is Cn1c(NCC(=O)c2ccc(N3CCCC3)cc2)nc(-c2ccncc2)cc1=O. The molecule has 2 aromatic heterocycles.